The zero-order valence-corrected chi connectivity index (χ0v) is 8.61. The van der Waals surface area contributed by atoms with E-state index in [2.05, 4.69) is 27.0 Å². The highest BCUT2D eigenvalue weighted by Crippen LogP contribution is 2.10. The third-order valence-corrected chi connectivity index (χ3v) is 2.62. The van der Waals surface area contributed by atoms with Crippen LogP contribution in [0.25, 0.3) is 6.08 Å². The topological polar surface area (TPSA) is 43.6 Å². The van der Waals surface area contributed by atoms with Crippen LogP contribution in [0.5, 0.6) is 0 Å². The molecule has 4 nitrogen and oxygen atoms in total. The Balaban J connectivity index is 2.20. The fraction of sp³-hybridized carbons (Fsp3) is 0.222. The Hall–Kier alpha value is -1.49. The average Bonchev–Trinajstić information content (AvgIpc) is 2.80. The molecule has 0 amide bonds. The van der Waals surface area contributed by atoms with Crippen LogP contribution in [0.3, 0.4) is 0 Å². The zero-order chi connectivity index (χ0) is 9.80. The molecule has 0 fully saturated rings. The zero-order valence-electron chi connectivity index (χ0n) is 7.79. The molecule has 2 aromatic heterocycles. The van der Waals surface area contributed by atoms with E-state index in [1.165, 1.54) is 4.88 Å². The molecule has 0 aliphatic rings. The third-order valence-electron chi connectivity index (χ3n) is 1.76. The van der Waals surface area contributed by atoms with Crippen molar-refractivity contribution < 1.29 is 0 Å². The Morgan fingerprint density at radius 2 is 2.50 bits per heavy atom. The molecule has 2 rings (SSSR count). The summed E-state index contributed by atoms with van der Waals surface area (Å²) < 4.78 is 1.78. The Morgan fingerprint density at radius 1 is 1.57 bits per heavy atom. The van der Waals surface area contributed by atoms with Crippen molar-refractivity contribution in [1.82, 2.24) is 20.2 Å². The van der Waals surface area contributed by atoms with Crippen LogP contribution in [0.4, 0.5) is 0 Å². The maximum atomic E-state index is 3.92. The molecular formula is C9H10N4S. The molecule has 0 aliphatic carbocycles. The monoisotopic (exact) mass is 206 g/mol. The van der Waals surface area contributed by atoms with Crippen LogP contribution in [-0.4, -0.2) is 20.2 Å². The molecule has 2 aromatic rings. The first kappa shape index (κ1) is 9.08. The summed E-state index contributed by atoms with van der Waals surface area (Å²) in [6, 6.07) is 4.10. The van der Waals surface area contributed by atoms with E-state index in [1.54, 1.807) is 16.0 Å². The van der Waals surface area contributed by atoms with Gasteiger partial charge in [0.05, 0.1) is 6.54 Å². The van der Waals surface area contributed by atoms with Crippen LogP contribution in [0.1, 0.15) is 17.6 Å². The van der Waals surface area contributed by atoms with Gasteiger partial charge < -0.3 is 0 Å². The van der Waals surface area contributed by atoms with Gasteiger partial charge in [0, 0.05) is 4.88 Å². The number of aromatic nitrogens is 4. The lowest BCUT2D eigenvalue weighted by atomic mass is 10.4. The molecule has 0 bridgehead atoms. The largest absolute Gasteiger partial charge is 0.221 e. The quantitative estimate of drug-likeness (QED) is 0.769. The number of tetrazole rings is 1. The van der Waals surface area contributed by atoms with Gasteiger partial charge in [-0.05, 0) is 34.9 Å². The van der Waals surface area contributed by atoms with Crippen molar-refractivity contribution in [2.24, 2.45) is 0 Å². The summed E-state index contributed by atoms with van der Waals surface area (Å²) in [7, 11) is 0. The Bertz CT molecular complexity index is 416. The van der Waals surface area contributed by atoms with Gasteiger partial charge in [-0.15, -0.1) is 16.4 Å². The lowest BCUT2D eigenvalue weighted by molar-refractivity contribution is 0.650. The number of hydrogen-bond donors (Lipinski definition) is 0. The summed E-state index contributed by atoms with van der Waals surface area (Å²) in [5.74, 6) is 0.793. The molecule has 5 heteroatoms. The summed E-state index contributed by atoms with van der Waals surface area (Å²) in [6.07, 6.45) is 3.82. The molecule has 0 atom stereocenters. The second kappa shape index (κ2) is 4.15. The minimum atomic E-state index is 0.740. The maximum Gasteiger partial charge on any atom is 0.174 e. The molecule has 72 valence electrons. The fourth-order valence-corrected chi connectivity index (χ4v) is 1.83. The number of allylic oxidation sites excluding steroid dienone is 1. The van der Waals surface area contributed by atoms with Crippen molar-refractivity contribution in [1.29, 1.82) is 0 Å². The van der Waals surface area contributed by atoms with Gasteiger partial charge in [0.25, 0.3) is 0 Å². The van der Waals surface area contributed by atoms with Crippen LogP contribution in [0, 0.1) is 0 Å². The van der Waals surface area contributed by atoms with Crippen LogP contribution < -0.4 is 0 Å². The molecule has 0 saturated carbocycles. The highest BCUT2D eigenvalue weighted by atomic mass is 32.1. The van der Waals surface area contributed by atoms with E-state index in [9.17, 15) is 0 Å². The number of thiophene rings is 1. The van der Waals surface area contributed by atoms with Crippen LogP contribution in [-0.2, 0) is 6.54 Å². The molecule has 14 heavy (non-hydrogen) atoms. The predicted octanol–water partition coefficient (Wildman–Crippen LogP) is 1.82. The predicted molar refractivity (Wildman–Crippen MR) is 55.9 cm³/mol. The second-order valence-electron chi connectivity index (χ2n) is 2.77. The number of rotatable bonds is 3. The summed E-state index contributed by atoms with van der Waals surface area (Å²) in [5.41, 5.74) is 0. The Kier molecular flexibility index (Phi) is 2.69. The van der Waals surface area contributed by atoms with Crippen molar-refractivity contribution in [2.75, 3.05) is 0 Å². The first-order chi connectivity index (χ1) is 6.90. The summed E-state index contributed by atoms with van der Waals surface area (Å²) in [4.78, 5) is 1.25. The summed E-state index contributed by atoms with van der Waals surface area (Å²) in [6.45, 7) is 2.69. The first-order valence-corrected chi connectivity index (χ1v) is 5.19. The van der Waals surface area contributed by atoms with Crippen molar-refractivity contribution in [2.45, 2.75) is 13.5 Å². The smallest absolute Gasteiger partial charge is 0.174 e. The molecule has 0 radical (unpaired) electrons. The van der Waals surface area contributed by atoms with Gasteiger partial charge in [-0.1, -0.05) is 12.1 Å². The van der Waals surface area contributed by atoms with Gasteiger partial charge in [0.15, 0.2) is 5.82 Å². The summed E-state index contributed by atoms with van der Waals surface area (Å²) >= 11 is 1.71. The summed E-state index contributed by atoms with van der Waals surface area (Å²) in [5, 5.41) is 13.5. The minimum absolute atomic E-state index is 0.740. The van der Waals surface area contributed by atoms with E-state index in [4.69, 9.17) is 0 Å². The highest BCUT2D eigenvalue weighted by molar-refractivity contribution is 7.09. The molecule has 0 N–H and O–H groups in total. The maximum absolute atomic E-state index is 3.92. The molecule has 0 unspecified atom stereocenters. The van der Waals surface area contributed by atoms with E-state index < -0.39 is 0 Å². The molecule has 2 heterocycles. The minimum Gasteiger partial charge on any atom is -0.221 e. The van der Waals surface area contributed by atoms with Crippen molar-refractivity contribution in [3.63, 3.8) is 0 Å². The van der Waals surface area contributed by atoms with Crippen LogP contribution in [0.15, 0.2) is 23.6 Å². The van der Waals surface area contributed by atoms with Gasteiger partial charge in [-0.2, -0.15) is 0 Å². The average molecular weight is 206 g/mol. The molecule has 0 spiro atoms. The Morgan fingerprint density at radius 3 is 3.21 bits per heavy atom. The van der Waals surface area contributed by atoms with Gasteiger partial charge in [-0.3, -0.25) is 0 Å². The fourth-order valence-electron chi connectivity index (χ4n) is 1.14. The van der Waals surface area contributed by atoms with Crippen molar-refractivity contribution in [3.8, 4) is 0 Å². The van der Waals surface area contributed by atoms with Crippen LogP contribution in [0.2, 0.25) is 0 Å². The van der Waals surface area contributed by atoms with Crippen LogP contribution >= 0.6 is 11.3 Å². The molecule has 0 aliphatic heterocycles. The molecule has 0 saturated heterocycles. The second-order valence-corrected chi connectivity index (χ2v) is 3.81. The van der Waals surface area contributed by atoms with Crippen molar-refractivity contribution >= 4 is 17.4 Å². The normalized spacial score (nSPS) is 11.2. The van der Waals surface area contributed by atoms with Gasteiger partial charge in [-0.25, -0.2) is 4.68 Å². The van der Waals surface area contributed by atoms with Gasteiger partial charge in [0.2, 0.25) is 0 Å². The highest BCUT2D eigenvalue weighted by Gasteiger charge is 2.02. The standard InChI is InChI=1S/C9H10N4S/c1-2-4-9-10-11-12-13(9)7-8-5-3-6-14-8/h2-6H,7H2,1H3/b4-2+. The lowest BCUT2D eigenvalue weighted by Crippen LogP contribution is -2.02. The van der Waals surface area contributed by atoms with E-state index in [0.29, 0.717) is 0 Å². The number of hydrogen-bond acceptors (Lipinski definition) is 4. The molecule has 0 aromatic carbocycles. The van der Waals surface area contributed by atoms with E-state index in [1.807, 2.05) is 25.1 Å². The molecular weight excluding hydrogens is 196 g/mol. The van der Waals surface area contributed by atoms with E-state index in [-0.39, 0.29) is 0 Å². The van der Waals surface area contributed by atoms with Gasteiger partial charge in [0.1, 0.15) is 0 Å². The van der Waals surface area contributed by atoms with E-state index in [0.717, 1.165) is 12.4 Å². The lowest BCUT2D eigenvalue weighted by Gasteiger charge is -1.97. The third kappa shape index (κ3) is 1.88. The SMILES string of the molecule is C/C=C/c1nnnn1Cc1cccs1. The van der Waals surface area contributed by atoms with E-state index >= 15 is 0 Å². The van der Waals surface area contributed by atoms with Gasteiger partial charge >= 0.3 is 0 Å². The Labute approximate surface area is 85.9 Å². The first-order valence-electron chi connectivity index (χ1n) is 4.31. The van der Waals surface area contributed by atoms with Crippen molar-refractivity contribution in [3.05, 3.63) is 34.3 Å². The number of nitrogens with zero attached hydrogens (tertiary/aromatic N) is 4.